The number of halogens is 1. The third-order valence-electron chi connectivity index (χ3n) is 2.81. The van der Waals surface area contributed by atoms with Crippen LogP contribution in [-0.4, -0.2) is 17.0 Å². The highest BCUT2D eigenvalue weighted by Gasteiger charge is 2.03. The first kappa shape index (κ1) is 16.6. The standard InChI is InChI=1S/C16H12BrN3O3/c17-14-5-1-4-13(11-14)16(21)19-18-10-2-3-12-6-8-15(9-7-12)20(22)23/h1-11H,(H,19,21). The van der Waals surface area contributed by atoms with E-state index < -0.39 is 4.92 Å². The number of non-ortho nitro benzene ring substituents is 1. The fourth-order valence-electron chi connectivity index (χ4n) is 1.69. The van der Waals surface area contributed by atoms with Crippen molar-refractivity contribution in [2.45, 2.75) is 0 Å². The summed E-state index contributed by atoms with van der Waals surface area (Å²) in [5.74, 6) is -0.314. The van der Waals surface area contributed by atoms with Gasteiger partial charge in [0.05, 0.1) is 4.92 Å². The Morgan fingerprint density at radius 3 is 2.61 bits per heavy atom. The van der Waals surface area contributed by atoms with Gasteiger partial charge in [0.15, 0.2) is 0 Å². The molecule has 0 spiro atoms. The Hall–Kier alpha value is -2.80. The van der Waals surface area contributed by atoms with E-state index in [1.807, 2.05) is 6.07 Å². The number of carbonyl (C=O) groups excluding carboxylic acids is 1. The molecule has 0 aliphatic heterocycles. The predicted molar refractivity (Wildman–Crippen MR) is 92.2 cm³/mol. The lowest BCUT2D eigenvalue weighted by molar-refractivity contribution is -0.384. The third kappa shape index (κ3) is 5.15. The first-order chi connectivity index (χ1) is 11.1. The van der Waals surface area contributed by atoms with Crippen molar-refractivity contribution < 1.29 is 9.72 Å². The predicted octanol–water partition coefficient (Wildman–Crippen LogP) is 3.79. The maximum absolute atomic E-state index is 11.8. The van der Waals surface area contributed by atoms with Crippen molar-refractivity contribution in [1.82, 2.24) is 5.43 Å². The van der Waals surface area contributed by atoms with Crippen molar-refractivity contribution in [2.24, 2.45) is 5.10 Å². The summed E-state index contributed by atoms with van der Waals surface area (Å²) < 4.78 is 0.812. The van der Waals surface area contributed by atoms with E-state index in [0.717, 1.165) is 10.0 Å². The van der Waals surface area contributed by atoms with Gasteiger partial charge in [-0.1, -0.05) is 28.1 Å². The van der Waals surface area contributed by atoms with Gasteiger partial charge in [-0.3, -0.25) is 14.9 Å². The van der Waals surface area contributed by atoms with Gasteiger partial charge in [-0.2, -0.15) is 5.10 Å². The third-order valence-corrected chi connectivity index (χ3v) is 3.30. The van der Waals surface area contributed by atoms with Crippen molar-refractivity contribution in [3.8, 4) is 0 Å². The Bertz CT molecular complexity index is 770. The molecule has 0 fully saturated rings. The molecule has 116 valence electrons. The number of nitro benzene ring substituents is 1. The molecule has 1 N–H and O–H groups in total. The van der Waals surface area contributed by atoms with Crippen LogP contribution in [0.1, 0.15) is 15.9 Å². The zero-order valence-electron chi connectivity index (χ0n) is 11.8. The second kappa shape index (κ2) is 8.00. The lowest BCUT2D eigenvalue weighted by atomic mass is 10.2. The lowest BCUT2D eigenvalue weighted by Crippen LogP contribution is -2.17. The summed E-state index contributed by atoms with van der Waals surface area (Å²) >= 11 is 3.29. The van der Waals surface area contributed by atoms with Crippen LogP contribution in [0, 0.1) is 10.1 Å². The van der Waals surface area contributed by atoms with E-state index >= 15 is 0 Å². The molecule has 2 aromatic rings. The van der Waals surface area contributed by atoms with Crippen molar-refractivity contribution in [1.29, 1.82) is 0 Å². The minimum atomic E-state index is -0.452. The summed E-state index contributed by atoms with van der Waals surface area (Å²) in [6, 6.07) is 13.1. The van der Waals surface area contributed by atoms with E-state index in [0.29, 0.717) is 5.56 Å². The molecule has 0 unspecified atom stereocenters. The molecule has 0 saturated heterocycles. The van der Waals surface area contributed by atoms with Gasteiger partial charge in [0, 0.05) is 28.4 Å². The van der Waals surface area contributed by atoms with E-state index in [1.165, 1.54) is 18.3 Å². The van der Waals surface area contributed by atoms with Crippen LogP contribution < -0.4 is 5.43 Å². The number of carbonyl (C=O) groups is 1. The van der Waals surface area contributed by atoms with Crippen LogP contribution in [0.2, 0.25) is 0 Å². The highest BCUT2D eigenvalue weighted by Crippen LogP contribution is 2.13. The van der Waals surface area contributed by atoms with E-state index in [2.05, 4.69) is 26.5 Å². The number of amides is 1. The molecule has 6 nitrogen and oxygen atoms in total. The first-order valence-electron chi connectivity index (χ1n) is 6.56. The van der Waals surface area contributed by atoms with Gasteiger partial charge in [-0.05, 0) is 42.0 Å². The molecular formula is C16H12BrN3O3. The first-order valence-corrected chi connectivity index (χ1v) is 7.35. The molecule has 0 heterocycles. The average molecular weight is 374 g/mol. The average Bonchev–Trinajstić information content (AvgIpc) is 2.54. The van der Waals surface area contributed by atoms with Crippen LogP contribution in [-0.2, 0) is 0 Å². The smallest absolute Gasteiger partial charge is 0.267 e. The molecule has 23 heavy (non-hydrogen) atoms. The topological polar surface area (TPSA) is 84.6 Å². The van der Waals surface area contributed by atoms with Crippen LogP contribution in [0.3, 0.4) is 0 Å². The van der Waals surface area contributed by atoms with Crippen molar-refractivity contribution in [3.05, 3.63) is 80.3 Å². The number of rotatable bonds is 5. The largest absolute Gasteiger partial charge is 0.271 e. The SMILES string of the molecule is O=C(NN=CC=Cc1ccc([N+](=O)[O-])cc1)c1cccc(Br)c1. The number of nitrogens with zero attached hydrogens (tertiary/aromatic N) is 2. The summed E-state index contributed by atoms with van der Waals surface area (Å²) in [6.45, 7) is 0. The second-order valence-electron chi connectivity index (χ2n) is 4.44. The quantitative estimate of drug-likeness (QED) is 0.491. The second-order valence-corrected chi connectivity index (χ2v) is 5.35. The molecule has 0 atom stereocenters. The Morgan fingerprint density at radius 2 is 1.96 bits per heavy atom. The zero-order chi connectivity index (χ0) is 16.7. The summed E-state index contributed by atoms with van der Waals surface area (Å²) in [5, 5.41) is 14.3. The molecular weight excluding hydrogens is 362 g/mol. The number of hydrogen-bond acceptors (Lipinski definition) is 4. The van der Waals surface area contributed by atoms with Gasteiger partial charge >= 0.3 is 0 Å². The molecule has 0 aliphatic rings. The number of hydrazone groups is 1. The number of nitrogens with one attached hydrogen (secondary N) is 1. The zero-order valence-corrected chi connectivity index (χ0v) is 13.4. The van der Waals surface area contributed by atoms with Crippen molar-refractivity contribution >= 4 is 39.8 Å². The van der Waals surface area contributed by atoms with Crippen molar-refractivity contribution in [2.75, 3.05) is 0 Å². The fourth-order valence-corrected chi connectivity index (χ4v) is 2.09. The number of allylic oxidation sites excluding steroid dienone is 1. The van der Waals surface area contributed by atoms with E-state index in [1.54, 1.807) is 42.5 Å². The highest BCUT2D eigenvalue weighted by molar-refractivity contribution is 9.10. The lowest BCUT2D eigenvalue weighted by Gasteiger charge is -1.99. The van der Waals surface area contributed by atoms with Crippen LogP contribution in [0.5, 0.6) is 0 Å². The molecule has 0 saturated carbocycles. The molecule has 0 bridgehead atoms. The van der Waals surface area contributed by atoms with Crippen molar-refractivity contribution in [3.63, 3.8) is 0 Å². The van der Waals surface area contributed by atoms with Crippen LogP contribution >= 0.6 is 15.9 Å². The summed E-state index contributed by atoms with van der Waals surface area (Å²) in [6.07, 6.45) is 4.78. The number of nitro groups is 1. The molecule has 0 aliphatic carbocycles. The summed E-state index contributed by atoms with van der Waals surface area (Å²) in [5.41, 5.74) is 3.73. The Labute approximate surface area is 140 Å². The van der Waals surface area contributed by atoms with Crippen LogP contribution in [0.25, 0.3) is 6.08 Å². The summed E-state index contributed by atoms with van der Waals surface area (Å²) in [4.78, 5) is 21.9. The molecule has 1 amide bonds. The molecule has 0 aromatic heterocycles. The van der Waals surface area contributed by atoms with Gasteiger partial charge in [0.2, 0.25) is 0 Å². The molecule has 0 radical (unpaired) electrons. The van der Waals surface area contributed by atoms with Gasteiger partial charge in [0.1, 0.15) is 0 Å². The van der Waals surface area contributed by atoms with Gasteiger partial charge in [-0.15, -0.1) is 0 Å². The maximum Gasteiger partial charge on any atom is 0.271 e. The molecule has 7 heteroatoms. The monoisotopic (exact) mass is 373 g/mol. The minimum Gasteiger partial charge on any atom is -0.267 e. The maximum atomic E-state index is 11.8. The Balaban J connectivity index is 1.88. The van der Waals surface area contributed by atoms with Crippen LogP contribution in [0.4, 0.5) is 5.69 Å². The Kier molecular flexibility index (Phi) is 5.76. The molecule has 2 aromatic carbocycles. The van der Waals surface area contributed by atoms with E-state index in [4.69, 9.17) is 0 Å². The van der Waals surface area contributed by atoms with E-state index in [9.17, 15) is 14.9 Å². The number of hydrogen-bond donors (Lipinski definition) is 1. The summed E-state index contributed by atoms with van der Waals surface area (Å²) in [7, 11) is 0. The van der Waals surface area contributed by atoms with Crippen LogP contribution in [0.15, 0.2) is 64.2 Å². The van der Waals surface area contributed by atoms with Gasteiger partial charge in [-0.25, -0.2) is 5.43 Å². The Morgan fingerprint density at radius 1 is 1.22 bits per heavy atom. The highest BCUT2D eigenvalue weighted by atomic mass is 79.9. The number of benzene rings is 2. The van der Waals surface area contributed by atoms with E-state index in [-0.39, 0.29) is 11.6 Å². The minimum absolute atomic E-state index is 0.0390. The fraction of sp³-hybridized carbons (Fsp3) is 0. The van der Waals surface area contributed by atoms with Gasteiger partial charge < -0.3 is 0 Å². The normalized spacial score (nSPS) is 11.0. The molecule has 2 rings (SSSR count). The van der Waals surface area contributed by atoms with Gasteiger partial charge in [0.25, 0.3) is 11.6 Å².